The maximum absolute atomic E-state index is 13.8. The van der Waals surface area contributed by atoms with Gasteiger partial charge in [-0.2, -0.15) is 0 Å². The molecule has 0 aromatic heterocycles. The molecular weight excluding hydrogens is 562 g/mol. The van der Waals surface area contributed by atoms with E-state index in [0.29, 0.717) is 12.2 Å². The second-order valence-electron chi connectivity index (χ2n) is 10.7. The van der Waals surface area contributed by atoms with Gasteiger partial charge < -0.3 is 30.5 Å². The van der Waals surface area contributed by atoms with Crippen molar-refractivity contribution >= 4 is 23.9 Å². The van der Waals surface area contributed by atoms with Crippen molar-refractivity contribution in [3.63, 3.8) is 0 Å². The molecule has 0 aliphatic heterocycles. The van der Waals surface area contributed by atoms with Crippen LogP contribution in [-0.4, -0.2) is 54.3 Å². The molecule has 10 nitrogen and oxygen atoms in total. The average Bonchev–Trinajstić information content (AvgIpc) is 3.03. The van der Waals surface area contributed by atoms with E-state index in [1.807, 2.05) is 43.3 Å². The predicted octanol–water partition coefficient (Wildman–Crippen LogP) is 4.26. The maximum atomic E-state index is 13.8. The van der Waals surface area contributed by atoms with Gasteiger partial charge in [-0.25, -0.2) is 4.79 Å². The fraction of sp³-hybridized carbons (Fsp3) is 0.353. The third-order valence-electron chi connectivity index (χ3n) is 7.04. The molecule has 0 heterocycles. The van der Waals surface area contributed by atoms with Gasteiger partial charge in [0.2, 0.25) is 11.8 Å². The summed E-state index contributed by atoms with van der Waals surface area (Å²) in [5.74, 6) is -4.30. The van der Waals surface area contributed by atoms with E-state index < -0.39 is 47.9 Å². The highest BCUT2D eigenvalue weighted by molar-refractivity contribution is 5.94. The highest BCUT2D eigenvalue weighted by Crippen LogP contribution is 2.17. The molecule has 3 aromatic rings. The summed E-state index contributed by atoms with van der Waals surface area (Å²) in [4.78, 5) is 52.7. The molecule has 0 spiro atoms. The van der Waals surface area contributed by atoms with Crippen LogP contribution in [0, 0.1) is 11.8 Å². The molecular formula is C34H41N3O7. The number of carbonyl (C=O) groups excluding carboxylic acids is 3. The quantitative estimate of drug-likeness (QED) is 0.192. The van der Waals surface area contributed by atoms with Gasteiger partial charge in [0.15, 0.2) is 0 Å². The number of carboxylic acids is 1. The van der Waals surface area contributed by atoms with Crippen molar-refractivity contribution in [2.24, 2.45) is 11.8 Å². The van der Waals surface area contributed by atoms with Crippen LogP contribution in [0.4, 0.5) is 4.79 Å². The molecule has 44 heavy (non-hydrogen) atoms. The Morgan fingerprint density at radius 2 is 1.27 bits per heavy atom. The first-order valence-corrected chi connectivity index (χ1v) is 14.7. The van der Waals surface area contributed by atoms with Crippen LogP contribution in [0.1, 0.15) is 43.5 Å². The Morgan fingerprint density at radius 1 is 0.727 bits per heavy atom. The number of hydrogen-bond acceptors (Lipinski definition) is 6. The number of carbonyl (C=O) groups is 4. The van der Waals surface area contributed by atoms with Crippen molar-refractivity contribution in [1.82, 2.24) is 16.0 Å². The fourth-order valence-corrected chi connectivity index (χ4v) is 4.64. The number of alkyl carbamates (subject to hydrolysis) is 1. The van der Waals surface area contributed by atoms with Crippen LogP contribution in [0.3, 0.4) is 0 Å². The summed E-state index contributed by atoms with van der Waals surface area (Å²) in [6, 6.07) is 24.0. The molecule has 0 aliphatic rings. The van der Waals surface area contributed by atoms with Gasteiger partial charge in [0.05, 0.1) is 18.6 Å². The van der Waals surface area contributed by atoms with Gasteiger partial charge in [-0.15, -0.1) is 0 Å². The summed E-state index contributed by atoms with van der Waals surface area (Å²) in [5.41, 5.74) is 2.22. The van der Waals surface area contributed by atoms with Crippen molar-refractivity contribution in [3.8, 4) is 0 Å². The lowest BCUT2D eigenvalue weighted by molar-refractivity contribution is -0.145. The Hall–Kier alpha value is -4.70. The van der Waals surface area contributed by atoms with Gasteiger partial charge in [0.25, 0.3) is 0 Å². The summed E-state index contributed by atoms with van der Waals surface area (Å²) >= 11 is 0. The van der Waals surface area contributed by atoms with Crippen molar-refractivity contribution in [2.75, 3.05) is 13.2 Å². The van der Waals surface area contributed by atoms with Crippen LogP contribution in [0.2, 0.25) is 0 Å². The van der Waals surface area contributed by atoms with E-state index in [9.17, 15) is 24.3 Å². The molecule has 0 saturated heterocycles. The predicted molar refractivity (Wildman–Crippen MR) is 165 cm³/mol. The second-order valence-corrected chi connectivity index (χ2v) is 10.7. The van der Waals surface area contributed by atoms with Gasteiger partial charge in [0.1, 0.15) is 18.7 Å². The molecule has 4 N–H and O–H groups in total. The lowest BCUT2D eigenvalue weighted by Crippen LogP contribution is -2.59. The van der Waals surface area contributed by atoms with E-state index in [1.54, 1.807) is 68.4 Å². The molecule has 0 radical (unpaired) electrons. The van der Waals surface area contributed by atoms with E-state index in [0.717, 1.165) is 11.1 Å². The summed E-state index contributed by atoms with van der Waals surface area (Å²) in [6.45, 7) is 5.98. The normalized spacial score (nSPS) is 13.6. The summed E-state index contributed by atoms with van der Waals surface area (Å²) in [6.07, 6.45) is -1.00. The molecule has 3 aromatic carbocycles. The van der Waals surface area contributed by atoms with Crippen LogP contribution in [-0.2, 0) is 36.9 Å². The zero-order valence-electron chi connectivity index (χ0n) is 25.3. The number of benzene rings is 3. The van der Waals surface area contributed by atoms with Crippen molar-refractivity contribution in [1.29, 1.82) is 0 Å². The summed E-state index contributed by atoms with van der Waals surface area (Å²) < 4.78 is 10.9. The Bertz CT molecular complexity index is 1340. The zero-order valence-corrected chi connectivity index (χ0v) is 25.3. The topological polar surface area (TPSA) is 143 Å². The standard InChI is InChI=1S/C34H41N3O7/c1-4-43-22-28(26-18-12-7-13-19-26)35-31(38)29(23(2)3)36-32(39)30(27(33(40)41)20-24-14-8-5-9-15-24)37-34(42)44-21-25-16-10-6-11-17-25/h5-19,23,27-30H,4,20-22H2,1-3H3,(H,35,38)(H,36,39)(H,37,42)(H,40,41)/t27?,28-,29+,30-/m0/s1. The highest BCUT2D eigenvalue weighted by atomic mass is 16.5. The number of carboxylic acid groups (broad SMARTS) is 1. The van der Waals surface area contributed by atoms with Gasteiger partial charge in [0, 0.05) is 6.61 Å². The maximum Gasteiger partial charge on any atom is 0.408 e. The van der Waals surface area contributed by atoms with Crippen LogP contribution >= 0.6 is 0 Å². The van der Waals surface area contributed by atoms with Crippen LogP contribution in [0.25, 0.3) is 0 Å². The molecule has 0 bridgehead atoms. The number of amides is 3. The minimum Gasteiger partial charge on any atom is -0.481 e. The SMILES string of the molecule is CCOC[C@H](NC(=O)[C@H](NC(=O)[C@@H](NC(=O)OCc1ccccc1)C(Cc1ccccc1)C(=O)O)C(C)C)c1ccccc1. The zero-order chi connectivity index (χ0) is 31.9. The number of aliphatic carboxylic acids is 1. The smallest absolute Gasteiger partial charge is 0.408 e. The van der Waals surface area contributed by atoms with Gasteiger partial charge in [-0.1, -0.05) is 105 Å². The first kappa shape index (κ1) is 33.8. The molecule has 10 heteroatoms. The minimum absolute atomic E-state index is 0.0454. The molecule has 0 aliphatic carbocycles. The molecule has 0 saturated carbocycles. The number of ether oxygens (including phenoxy) is 2. The largest absolute Gasteiger partial charge is 0.481 e. The molecule has 1 unspecified atom stereocenters. The Balaban J connectivity index is 1.83. The first-order chi connectivity index (χ1) is 21.2. The minimum atomic E-state index is -1.54. The monoisotopic (exact) mass is 603 g/mol. The van der Waals surface area contributed by atoms with E-state index >= 15 is 0 Å². The van der Waals surface area contributed by atoms with E-state index in [-0.39, 0.29) is 25.6 Å². The molecule has 3 rings (SSSR count). The number of nitrogens with one attached hydrogen (secondary N) is 3. The van der Waals surface area contributed by atoms with E-state index in [2.05, 4.69) is 16.0 Å². The number of rotatable bonds is 16. The third-order valence-corrected chi connectivity index (χ3v) is 7.04. The van der Waals surface area contributed by atoms with Crippen LogP contribution in [0.5, 0.6) is 0 Å². The number of hydrogen-bond donors (Lipinski definition) is 4. The fourth-order valence-electron chi connectivity index (χ4n) is 4.64. The second kappa shape index (κ2) is 17.4. The molecule has 3 amide bonds. The van der Waals surface area contributed by atoms with Gasteiger partial charge >= 0.3 is 12.1 Å². The van der Waals surface area contributed by atoms with Crippen molar-refractivity contribution in [3.05, 3.63) is 108 Å². The van der Waals surface area contributed by atoms with E-state index in [1.165, 1.54) is 0 Å². The lowest BCUT2D eigenvalue weighted by atomic mass is 9.90. The van der Waals surface area contributed by atoms with Crippen molar-refractivity contribution < 1.29 is 33.8 Å². The highest BCUT2D eigenvalue weighted by Gasteiger charge is 2.38. The van der Waals surface area contributed by atoms with E-state index in [4.69, 9.17) is 9.47 Å². The molecule has 0 fully saturated rings. The Kier molecular flexibility index (Phi) is 13.4. The first-order valence-electron chi connectivity index (χ1n) is 14.7. The van der Waals surface area contributed by atoms with Gasteiger partial charge in [-0.3, -0.25) is 14.4 Å². The lowest BCUT2D eigenvalue weighted by Gasteiger charge is -2.29. The Morgan fingerprint density at radius 3 is 1.82 bits per heavy atom. The van der Waals surface area contributed by atoms with Gasteiger partial charge in [-0.05, 0) is 36.0 Å². The Labute approximate surface area is 258 Å². The molecule has 234 valence electrons. The summed E-state index contributed by atoms with van der Waals surface area (Å²) in [7, 11) is 0. The average molecular weight is 604 g/mol. The van der Waals surface area contributed by atoms with Crippen LogP contribution in [0.15, 0.2) is 91.0 Å². The third kappa shape index (κ3) is 10.5. The van der Waals surface area contributed by atoms with Crippen molar-refractivity contribution in [2.45, 2.75) is 51.9 Å². The van der Waals surface area contributed by atoms with Crippen LogP contribution < -0.4 is 16.0 Å². The summed E-state index contributed by atoms with van der Waals surface area (Å²) in [5, 5.41) is 18.3. The molecule has 4 atom stereocenters.